The molecular weight excluding hydrogens is 777 g/mol. The standard InChI is InChI=1S/4C8H10O.4C4H8O.Co.2Li/c4*1-6-4-3-5-7(2)8(6)9;4*1-2-4-5-3-1;;;/h4*3-5,9H,1-2H3;4*1-4H2;;;. The molecule has 0 bridgehead atoms. The molecule has 4 N–H and O–H groups in total. The Labute approximate surface area is 391 Å². The van der Waals surface area contributed by atoms with E-state index in [1.165, 1.54) is 51.4 Å². The van der Waals surface area contributed by atoms with Crippen molar-refractivity contribution in [2.24, 2.45) is 0 Å². The van der Waals surface area contributed by atoms with Gasteiger partial charge >= 0.3 is 0 Å². The molecule has 4 heterocycles. The summed E-state index contributed by atoms with van der Waals surface area (Å²) in [6, 6.07) is 22.9. The van der Waals surface area contributed by atoms with Crippen LogP contribution in [-0.2, 0) is 35.7 Å². The van der Waals surface area contributed by atoms with Crippen molar-refractivity contribution in [2.75, 3.05) is 52.9 Å². The Balaban J connectivity index is -0.000000611. The summed E-state index contributed by atoms with van der Waals surface area (Å²) in [6.07, 6.45) is 10.2. The molecule has 3 radical (unpaired) electrons. The van der Waals surface area contributed by atoms with Crippen molar-refractivity contribution in [3.63, 3.8) is 0 Å². The number of aryl methyl sites for hydroxylation is 8. The van der Waals surface area contributed by atoms with Gasteiger partial charge in [-0.25, -0.2) is 0 Å². The van der Waals surface area contributed by atoms with Gasteiger partial charge < -0.3 is 39.4 Å². The van der Waals surface area contributed by atoms with Crippen molar-refractivity contribution in [3.8, 4) is 23.0 Å². The molecule has 0 saturated carbocycles. The summed E-state index contributed by atoms with van der Waals surface area (Å²) in [4.78, 5) is 0. The van der Waals surface area contributed by atoms with Crippen molar-refractivity contribution in [1.82, 2.24) is 0 Å². The van der Waals surface area contributed by atoms with E-state index in [0.29, 0.717) is 23.0 Å². The summed E-state index contributed by atoms with van der Waals surface area (Å²) in [6.45, 7) is 23.1. The zero-order valence-corrected chi connectivity index (χ0v) is 39.0. The molecule has 59 heavy (non-hydrogen) atoms. The molecular formula is C48H72CoLi2O8. The van der Waals surface area contributed by atoms with Gasteiger partial charge in [0.25, 0.3) is 0 Å². The first-order chi connectivity index (χ1) is 26.9. The molecule has 4 aromatic carbocycles. The Morgan fingerprint density at radius 2 is 0.407 bits per heavy atom. The second-order valence-electron chi connectivity index (χ2n) is 14.2. The maximum atomic E-state index is 9.21. The quantitative estimate of drug-likeness (QED) is 0.129. The number of hydrogen-bond acceptors (Lipinski definition) is 8. The van der Waals surface area contributed by atoms with Gasteiger partial charge in [-0.15, -0.1) is 0 Å². The molecule has 8 nitrogen and oxygen atoms in total. The molecule has 0 atom stereocenters. The van der Waals surface area contributed by atoms with Crippen LogP contribution in [0.2, 0.25) is 0 Å². The summed E-state index contributed by atoms with van der Waals surface area (Å²) < 4.78 is 19.8. The first kappa shape index (κ1) is 60.9. The fourth-order valence-corrected chi connectivity index (χ4v) is 5.26. The Bertz CT molecular complexity index is 1260. The van der Waals surface area contributed by atoms with E-state index in [2.05, 4.69) is 0 Å². The number of hydrogen-bond donors (Lipinski definition) is 4. The van der Waals surface area contributed by atoms with Crippen LogP contribution in [0.15, 0.2) is 72.8 Å². The monoisotopic (exact) mass is 849 g/mol. The molecule has 0 aliphatic carbocycles. The number of benzene rings is 4. The van der Waals surface area contributed by atoms with E-state index in [-0.39, 0.29) is 54.5 Å². The SMILES string of the molecule is C1CCOC1.C1CCOC1.C1CCOC1.C1CCOC1.Cc1cccc(C)c1O.Cc1cccc(C)c1O.Cc1cccc(C)c1O.Cc1cccc(C)c1O.[Co].[Li].[Li]. The van der Waals surface area contributed by atoms with E-state index in [1.54, 1.807) is 0 Å². The zero-order chi connectivity index (χ0) is 41.6. The van der Waals surface area contributed by atoms with Gasteiger partial charge in [0.1, 0.15) is 23.0 Å². The maximum Gasteiger partial charge on any atom is 0.121 e. The predicted molar refractivity (Wildman–Crippen MR) is 242 cm³/mol. The van der Waals surface area contributed by atoms with Crippen LogP contribution in [0.4, 0.5) is 0 Å². The fraction of sp³-hybridized carbons (Fsp3) is 0.500. The Morgan fingerprint density at radius 3 is 0.475 bits per heavy atom. The minimum absolute atomic E-state index is 0. The van der Waals surface area contributed by atoms with Crippen LogP contribution >= 0.6 is 0 Å². The average Bonchev–Trinajstić information content (AvgIpc) is 4.04. The average molecular weight is 850 g/mol. The van der Waals surface area contributed by atoms with Crippen molar-refractivity contribution >= 4 is 37.7 Å². The topological polar surface area (TPSA) is 118 Å². The first-order valence-corrected chi connectivity index (χ1v) is 20.2. The predicted octanol–water partition coefficient (Wildman–Crippen LogP) is 10.5. The van der Waals surface area contributed by atoms with Crippen LogP contribution in [0.25, 0.3) is 0 Å². The molecule has 11 heteroatoms. The van der Waals surface area contributed by atoms with Gasteiger partial charge in [0.15, 0.2) is 0 Å². The van der Waals surface area contributed by atoms with E-state index >= 15 is 0 Å². The Kier molecular flexibility index (Phi) is 39.8. The van der Waals surface area contributed by atoms with Gasteiger partial charge in [0.2, 0.25) is 0 Å². The molecule has 0 unspecified atom stereocenters. The number of aromatic hydroxyl groups is 4. The molecule has 0 spiro atoms. The third kappa shape index (κ3) is 29.5. The number of phenols is 4. The second-order valence-corrected chi connectivity index (χ2v) is 14.2. The first-order valence-electron chi connectivity index (χ1n) is 20.2. The van der Waals surface area contributed by atoms with E-state index < -0.39 is 0 Å². The Morgan fingerprint density at radius 1 is 0.288 bits per heavy atom. The summed E-state index contributed by atoms with van der Waals surface area (Å²) in [5.74, 6) is 1.66. The van der Waals surface area contributed by atoms with Gasteiger partial charge in [-0.3, -0.25) is 0 Å². The largest absolute Gasteiger partial charge is 0.507 e. The smallest absolute Gasteiger partial charge is 0.121 e. The van der Waals surface area contributed by atoms with E-state index in [0.717, 1.165) is 97.4 Å². The van der Waals surface area contributed by atoms with E-state index in [1.807, 2.05) is 128 Å². The second kappa shape index (κ2) is 38.5. The van der Waals surface area contributed by atoms with Gasteiger partial charge in [-0.05, 0) is 151 Å². The minimum atomic E-state index is 0. The van der Waals surface area contributed by atoms with Crippen LogP contribution in [-0.4, -0.2) is 111 Å². The van der Waals surface area contributed by atoms with Gasteiger partial charge in [0.05, 0.1) is 0 Å². The molecule has 4 aromatic rings. The van der Waals surface area contributed by atoms with Crippen LogP contribution < -0.4 is 0 Å². The van der Waals surface area contributed by atoms with Crippen molar-refractivity contribution in [1.29, 1.82) is 0 Å². The Hall–Kier alpha value is -2.38. The number of phenolic OH excluding ortho intramolecular Hbond substituents is 4. The summed E-state index contributed by atoms with van der Waals surface area (Å²) in [5.41, 5.74) is 7.52. The van der Waals surface area contributed by atoms with Crippen molar-refractivity contribution < 1.29 is 56.2 Å². The van der Waals surface area contributed by atoms with E-state index in [4.69, 9.17) is 18.9 Å². The third-order valence-corrected chi connectivity index (χ3v) is 9.07. The van der Waals surface area contributed by atoms with Crippen LogP contribution in [0.5, 0.6) is 23.0 Å². The molecule has 323 valence electrons. The fourth-order valence-electron chi connectivity index (χ4n) is 5.26. The minimum Gasteiger partial charge on any atom is -0.507 e. The molecule has 4 aliphatic rings. The summed E-state index contributed by atoms with van der Waals surface area (Å²) in [7, 11) is 0. The summed E-state index contributed by atoms with van der Waals surface area (Å²) >= 11 is 0. The van der Waals surface area contributed by atoms with Crippen molar-refractivity contribution in [2.45, 2.75) is 107 Å². The summed E-state index contributed by atoms with van der Waals surface area (Å²) in [5, 5.41) is 36.8. The molecule has 4 fully saturated rings. The normalized spacial score (nSPS) is 14.0. The van der Waals surface area contributed by atoms with Crippen molar-refractivity contribution in [3.05, 3.63) is 117 Å². The van der Waals surface area contributed by atoms with Crippen LogP contribution in [0.3, 0.4) is 0 Å². The van der Waals surface area contributed by atoms with Gasteiger partial charge in [-0.2, -0.15) is 0 Å². The molecule has 8 rings (SSSR count). The third-order valence-electron chi connectivity index (χ3n) is 9.07. The van der Waals surface area contributed by atoms with E-state index in [9.17, 15) is 20.4 Å². The van der Waals surface area contributed by atoms with Gasteiger partial charge in [-0.1, -0.05) is 72.8 Å². The number of ether oxygens (including phenoxy) is 4. The molecule has 0 amide bonds. The molecule has 4 saturated heterocycles. The number of rotatable bonds is 0. The maximum absolute atomic E-state index is 9.21. The zero-order valence-electron chi connectivity index (χ0n) is 38.0. The molecule has 4 aliphatic heterocycles. The van der Waals surface area contributed by atoms with Gasteiger partial charge in [0, 0.05) is 107 Å². The van der Waals surface area contributed by atoms with Crippen LogP contribution in [0, 0.1) is 55.4 Å². The van der Waals surface area contributed by atoms with Crippen LogP contribution in [0.1, 0.15) is 95.9 Å². The number of para-hydroxylation sites is 4. The molecule has 0 aromatic heterocycles.